The number of hydrogen-bond acceptors (Lipinski definition) is 1. The molecule has 0 aliphatic carbocycles. The number of fused-ring (bicyclic) bond motifs is 1. The molecule has 4 rings (SSSR count). The average molecular weight is 350 g/mol. The number of H-pyrrole nitrogens is 1. The van der Waals surface area contributed by atoms with Crippen LogP contribution in [-0.2, 0) is 11.2 Å². The van der Waals surface area contributed by atoms with Gasteiger partial charge in [0.15, 0.2) is 0 Å². The summed E-state index contributed by atoms with van der Waals surface area (Å²) in [6, 6.07) is 13.0. The van der Waals surface area contributed by atoms with Gasteiger partial charge in [-0.1, -0.05) is 29.8 Å². The minimum Gasteiger partial charge on any atom is -0.361 e. The number of carbonyl (C=O) groups is 1. The predicted molar refractivity (Wildman–Crippen MR) is 102 cm³/mol. The Morgan fingerprint density at radius 2 is 1.88 bits per heavy atom. The van der Waals surface area contributed by atoms with Crippen molar-refractivity contribution < 1.29 is 9.18 Å². The van der Waals surface area contributed by atoms with Crippen LogP contribution in [0, 0.1) is 12.7 Å². The van der Waals surface area contributed by atoms with Crippen LogP contribution in [0.3, 0.4) is 0 Å². The molecular weight excluding hydrogens is 327 g/mol. The molecule has 3 aromatic rings. The van der Waals surface area contributed by atoms with Crippen LogP contribution < -0.4 is 0 Å². The molecule has 0 spiro atoms. The third-order valence-corrected chi connectivity index (χ3v) is 5.44. The van der Waals surface area contributed by atoms with E-state index in [1.807, 2.05) is 42.3 Å². The van der Waals surface area contributed by atoms with Crippen molar-refractivity contribution in [2.75, 3.05) is 13.1 Å². The highest BCUT2D eigenvalue weighted by Gasteiger charge is 2.25. The number of piperidine rings is 1. The van der Waals surface area contributed by atoms with Gasteiger partial charge in [0.2, 0.25) is 5.91 Å². The van der Waals surface area contributed by atoms with E-state index in [-0.39, 0.29) is 11.7 Å². The van der Waals surface area contributed by atoms with Gasteiger partial charge in [0.05, 0.1) is 6.42 Å². The molecule has 0 unspecified atom stereocenters. The van der Waals surface area contributed by atoms with Gasteiger partial charge in [-0.2, -0.15) is 0 Å². The van der Waals surface area contributed by atoms with E-state index in [0.29, 0.717) is 12.3 Å². The van der Waals surface area contributed by atoms with Crippen molar-refractivity contribution in [1.29, 1.82) is 0 Å². The van der Waals surface area contributed by atoms with Crippen LogP contribution in [0.2, 0.25) is 0 Å². The molecule has 1 N–H and O–H groups in total. The molecule has 3 nitrogen and oxygen atoms in total. The Morgan fingerprint density at radius 3 is 2.62 bits per heavy atom. The number of aryl methyl sites for hydroxylation is 1. The van der Waals surface area contributed by atoms with Crippen molar-refractivity contribution in [3.8, 4) is 0 Å². The van der Waals surface area contributed by atoms with Crippen LogP contribution in [0.4, 0.5) is 4.39 Å². The molecule has 1 aliphatic heterocycles. The lowest BCUT2D eigenvalue weighted by Crippen LogP contribution is -2.38. The number of aromatic amines is 1. The van der Waals surface area contributed by atoms with Crippen LogP contribution in [0.5, 0.6) is 0 Å². The van der Waals surface area contributed by atoms with Crippen molar-refractivity contribution in [2.45, 2.75) is 32.1 Å². The van der Waals surface area contributed by atoms with Gasteiger partial charge in [-0.05, 0) is 55.0 Å². The van der Waals surface area contributed by atoms with Crippen molar-refractivity contribution in [1.82, 2.24) is 9.88 Å². The Morgan fingerprint density at radius 1 is 1.15 bits per heavy atom. The minimum absolute atomic E-state index is 0.192. The van der Waals surface area contributed by atoms with E-state index in [1.165, 1.54) is 17.2 Å². The van der Waals surface area contributed by atoms with Gasteiger partial charge >= 0.3 is 0 Å². The van der Waals surface area contributed by atoms with E-state index in [0.717, 1.165) is 42.4 Å². The Kier molecular flexibility index (Phi) is 4.49. The first kappa shape index (κ1) is 16.8. The molecule has 1 aromatic heterocycles. The molecule has 2 aromatic carbocycles. The molecular formula is C22H23FN2O. The van der Waals surface area contributed by atoms with E-state index in [9.17, 15) is 9.18 Å². The highest BCUT2D eigenvalue weighted by atomic mass is 19.1. The number of likely N-dealkylation sites (tertiary alicyclic amines) is 1. The first-order valence-electron chi connectivity index (χ1n) is 9.20. The summed E-state index contributed by atoms with van der Waals surface area (Å²) in [5.41, 5.74) is 4.41. The Labute approximate surface area is 152 Å². The normalized spacial score (nSPS) is 15.5. The molecule has 0 atom stereocenters. The zero-order valence-corrected chi connectivity index (χ0v) is 15.0. The number of aromatic nitrogens is 1. The quantitative estimate of drug-likeness (QED) is 0.738. The van der Waals surface area contributed by atoms with Crippen molar-refractivity contribution in [3.63, 3.8) is 0 Å². The highest BCUT2D eigenvalue weighted by molar-refractivity contribution is 5.84. The van der Waals surface area contributed by atoms with Gasteiger partial charge in [0.1, 0.15) is 5.82 Å². The second-order valence-electron chi connectivity index (χ2n) is 7.25. The maximum absolute atomic E-state index is 13.6. The van der Waals surface area contributed by atoms with E-state index >= 15 is 0 Å². The summed E-state index contributed by atoms with van der Waals surface area (Å²) < 4.78 is 13.6. The fourth-order valence-corrected chi connectivity index (χ4v) is 3.88. The van der Waals surface area contributed by atoms with Gasteiger partial charge in [0.25, 0.3) is 0 Å². The molecule has 1 fully saturated rings. The Hall–Kier alpha value is -2.62. The summed E-state index contributed by atoms with van der Waals surface area (Å²) in [7, 11) is 0. The van der Waals surface area contributed by atoms with Gasteiger partial charge in [0, 0.05) is 30.2 Å². The topological polar surface area (TPSA) is 36.1 Å². The molecule has 26 heavy (non-hydrogen) atoms. The lowest BCUT2D eigenvalue weighted by atomic mass is 9.89. The molecule has 2 heterocycles. The molecule has 1 amide bonds. The van der Waals surface area contributed by atoms with Crippen LogP contribution in [-0.4, -0.2) is 28.9 Å². The van der Waals surface area contributed by atoms with E-state index < -0.39 is 0 Å². The van der Waals surface area contributed by atoms with Gasteiger partial charge in [-0.25, -0.2) is 4.39 Å². The fraction of sp³-hybridized carbons (Fsp3) is 0.318. The zero-order chi connectivity index (χ0) is 18.1. The summed E-state index contributed by atoms with van der Waals surface area (Å²) in [5, 5.41) is 0.967. The largest absolute Gasteiger partial charge is 0.361 e. The van der Waals surface area contributed by atoms with E-state index in [2.05, 4.69) is 4.98 Å². The Balaban J connectivity index is 1.41. The molecule has 0 radical (unpaired) electrons. The first-order chi connectivity index (χ1) is 12.6. The molecule has 134 valence electrons. The van der Waals surface area contributed by atoms with E-state index in [4.69, 9.17) is 0 Å². The fourth-order valence-electron chi connectivity index (χ4n) is 3.88. The lowest BCUT2D eigenvalue weighted by molar-refractivity contribution is -0.131. The SMILES string of the molecule is Cc1ccc(CC(=O)N2CCC(c3c[nH]c4ccc(F)cc34)CC2)cc1. The summed E-state index contributed by atoms with van der Waals surface area (Å²) in [6.45, 7) is 3.57. The molecule has 1 aliphatic rings. The average Bonchev–Trinajstić information content (AvgIpc) is 3.06. The maximum Gasteiger partial charge on any atom is 0.226 e. The highest BCUT2D eigenvalue weighted by Crippen LogP contribution is 2.33. The second-order valence-corrected chi connectivity index (χ2v) is 7.25. The molecule has 0 bridgehead atoms. The number of benzene rings is 2. The van der Waals surface area contributed by atoms with Crippen LogP contribution in [0.25, 0.3) is 10.9 Å². The van der Waals surface area contributed by atoms with Crippen molar-refractivity contribution in [2.24, 2.45) is 0 Å². The van der Waals surface area contributed by atoms with E-state index in [1.54, 1.807) is 12.1 Å². The molecule has 1 saturated heterocycles. The summed E-state index contributed by atoms with van der Waals surface area (Å²) in [4.78, 5) is 17.8. The summed E-state index contributed by atoms with van der Waals surface area (Å²) in [5.74, 6) is 0.357. The number of hydrogen-bond donors (Lipinski definition) is 1. The zero-order valence-electron chi connectivity index (χ0n) is 15.0. The minimum atomic E-state index is -0.205. The third kappa shape index (κ3) is 3.36. The van der Waals surface area contributed by atoms with Gasteiger partial charge in [-0.15, -0.1) is 0 Å². The number of nitrogens with zero attached hydrogens (tertiary/aromatic N) is 1. The number of halogens is 1. The van der Waals surface area contributed by atoms with Gasteiger partial charge in [-0.3, -0.25) is 4.79 Å². The molecule has 0 saturated carbocycles. The van der Waals surface area contributed by atoms with Crippen LogP contribution in [0.1, 0.15) is 35.4 Å². The third-order valence-electron chi connectivity index (χ3n) is 5.44. The molecule has 4 heteroatoms. The summed E-state index contributed by atoms with van der Waals surface area (Å²) >= 11 is 0. The lowest BCUT2D eigenvalue weighted by Gasteiger charge is -2.32. The van der Waals surface area contributed by atoms with Crippen LogP contribution >= 0.6 is 0 Å². The summed E-state index contributed by atoms with van der Waals surface area (Å²) in [6.07, 6.45) is 4.30. The van der Waals surface area contributed by atoms with Crippen molar-refractivity contribution in [3.05, 3.63) is 71.2 Å². The maximum atomic E-state index is 13.6. The number of carbonyl (C=O) groups excluding carboxylic acids is 1. The number of amides is 1. The predicted octanol–water partition coefficient (Wildman–Crippen LogP) is 4.56. The second kappa shape index (κ2) is 6.94. The number of rotatable bonds is 3. The van der Waals surface area contributed by atoms with Crippen molar-refractivity contribution >= 4 is 16.8 Å². The van der Waals surface area contributed by atoms with Gasteiger partial charge < -0.3 is 9.88 Å². The smallest absolute Gasteiger partial charge is 0.226 e. The van der Waals surface area contributed by atoms with Crippen LogP contribution in [0.15, 0.2) is 48.7 Å². The number of nitrogens with one attached hydrogen (secondary N) is 1. The first-order valence-corrected chi connectivity index (χ1v) is 9.20. The standard InChI is InChI=1S/C22H23FN2O/c1-15-2-4-16(5-3-15)12-22(26)25-10-8-17(9-11-25)20-14-24-21-7-6-18(23)13-19(20)21/h2-7,13-14,17,24H,8-12H2,1H3. The Bertz CT molecular complexity index is 921. The monoisotopic (exact) mass is 350 g/mol.